The predicted molar refractivity (Wildman–Crippen MR) is 128 cm³/mol. The molecule has 1 aromatic heterocycles. The molecule has 2 heterocycles. The lowest BCUT2D eigenvalue weighted by Crippen LogP contribution is -2.29. The lowest BCUT2D eigenvalue weighted by Gasteiger charge is -2.28. The Morgan fingerprint density at radius 3 is 2.39 bits per heavy atom. The Morgan fingerprint density at radius 1 is 1.00 bits per heavy atom. The number of benzene rings is 2. The molecule has 5 nitrogen and oxygen atoms in total. The number of aryl methyl sites for hydroxylation is 2. The number of piperidine rings is 1. The number of anilines is 1. The number of hydrogen-bond acceptors (Lipinski definition) is 6. The van der Waals surface area contributed by atoms with Gasteiger partial charge in [0.15, 0.2) is 5.00 Å². The Balaban J connectivity index is 1.52. The molecule has 0 saturated carbocycles. The summed E-state index contributed by atoms with van der Waals surface area (Å²) in [4.78, 5) is 6.99. The van der Waals surface area contributed by atoms with Crippen molar-refractivity contribution in [2.24, 2.45) is 10.2 Å². The van der Waals surface area contributed by atoms with Crippen LogP contribution in [0.2, 0.25) is 0 Å². The molecule has 3 aromatic rings. The second-order valence-electron chi connectivity index (χ2n) is 7.75. The van der Waals surface area contributed by atoms with Gasteiger partial charge in [-0.15, -0.1) is 10.2 Å². The molecule has 0 bridgehead atoms. The van der Waals surface area contributed by atoms with Crippen molar-refractivity contribution in [3.63, 3.8) is 0 Å². The molecule has 156 valence electrons. The van der Waals surface area contributed by atoms with Crippen molar-refractivity contribution in [3.05, 3.63) is 70.4 Å². The normalized spacial score (nSPS) is 14.7. The van der Waals surface area contributed by atoms with E-state index in [1.54, 1.807) is 0 Å². The molecule has 0 radical (unpaired) electrons. The predicted octanol–water partition coefficient (Wildman–Crippen LogP) is 7.23. The smallest absolute Gasteiger partial charge is 0.162 e. The molecule has 1 fully saturated rings. The third-order valence-corrected chi connectivity index (χ3v) is 6.41. The summed E-state index contributed by atoms with van der Waals surface area (Å²) < 4.78 is 0. The molecule has 0 aliphatic carbocycles. The summed E-state index contributed by atoms with van der Waals surface area (Å²) in [5.41, 5.74) is 5.54. The van der Waals surface area contributed by atoms with Crippen LogP contribution in [0.3, 0.4) is 0 Å². The van der Waals surface area contributed by atoms with Crippen molar-refractivity contribution < 1.29 is 0 Å². The summed E-state index contributed by atoms with van der Waals surface area (Å²) in [5.74, 6) is 0. The van der Waals surface area contributed by atoms with Crippen molar-refractivity contribution in [1.29, 1.82) is 5.26 Å². The standard InChI is InChI=1S/C25H25N5S/c1-18-6-10-22(11-7-18)28-29-24-19(2)27-25(31-24)21(17-26)16-20-8-12-23(13-9-20)30-14-4-3-5-15-30/h6-13,16H,3-5,14-15H2,1-2H3/b21-16+,29-28?. The molecule has 0 spiro atoms. The number of nitriles is 1. The van der Waals surface area contributed by atoms with Crippen LogP contribution < -0.4 is 4.90 Å². The molecule has 1 saturated heterocycles. The lowest BCUT2D eigenvalue weighted by atomic mass is 10.1. The van der Waals surface area contributed by atoms with Crippen molar-refractivity contribution >= 4 is 39.4 Å². The van der Waals surface area contributed by atoms with Crippen LogP contribution >= 0.6 is 11.3 Å². The van der Waals surface area contributed by atoms with Crippen LogP contribution in [0.1, 0.15) is 41.1 Å². The van der Waals surface area contributed by atoms with Gasteiger partial charge in [0, 0.05) is 18.8 Å². The van der Waals surface area contributed by atoms with Crippen molar-refractivity contribution in [2.75, 3.05) is 18.0 Å². The number of nitrogens with zero attached hydrogens (tertiary/aromatic N) is 5. The number of allylic oxidation sites excluding steroid dienone is 1. The first kappa shape index (κ1) is 21.0. The molecule has 6 heteroatoms. The first-order valence-electron chi connectivity index (χ1n) is 10.6. The zero-order valence-corrected chi connectivity index (χ0v) is 18.7. The third kappa shape index (κ3) is 5.25. The van der Waals surface area contributed by atoms with Gasteiger partial charge in [-0.2, -0.15) is 5.26 Å². The maximum atomic E-state index is 9.72. The maximum absolute atomic E-state index is 9.72. The number of hydrogen-bond donors (Lipinski definition) is 0. The number of azo groups is 1. The van der Waals surface area contributed by atoms with Gasteiger partial charge in [0.1, 0.15) is 11.1 Å². The number of thiazole rings is 1. The maximum Gasteiger partial charge on any atom is 0.162 e. The van der Waals surface area contributed by atoms with Crippen molar-refractivity contribution in [3.8, 4) is 6.07 Å². The first-order valence-corrected chi connectivity index (χ1v) is 11.4. The van der Waals surface area contributed by atoms with Crippen LogP contribution in [0, 0.1) is 25.2 Å². The Hall–Kier alpha value is -3.30. The quantitative estimate of drug-likeness (QED) is 0.319. The minimum absolute atomic E-state index is 0.538. The lowest BCUT2D eigenvalue weighted by molar-refractivity contribution is 0.578. The zero-order chi connectivity index (χ0) is 21.6. The molecule has 2 aromatic carbocycles. The van der Waals surface area contributed by atoms with Crippen LogP contribution in [-0.2, 0) is 0 Å². The van der Waals surface area contributed by atoms with E-state index in [-0.39, 0.29) is 0 Å². The van der Waals surface area contributed by atoms with Gasteiger partial charge < -0.3 is 4.90 Å². The molecule has 4 rings (SSSR count). The Bertz CT molecular complexity index is 1130. The molecular formula is C25H25N5S. The molecule has 0 unspecified atom stereocenters. The van der Waals surface area contributed by atoms with Crippen LogP contribution in [0.4, 0.5) is 16.4 Å². The summed E-state index contributed by atoms with van der Waals surface area (Å²) in [6.45, 7) is 6.18. The van der Waals surface area contributed by atoms with Gasteiger partial charge in [0.2, 0.25) is 0 Å². The number of rotatable bonds is 5. The highest BCUT2D eigenvalue weighted by Crippen LogP contribution is 2.33. The second-order valence-corrected chi connectivity index (χ2v) is 8.73. The van der Waals surface area contributed by atoms with E-state index in [9.17, 15) is 5.26 Å². The van der Waals surface area contributed by atoms with Gasteiger partial charge in [0.25, 0.3) is 0 Å². The Morgan fingerprint density at radius 2 is 1.71 bits per heavy atom. The second kappa shape index (κ2) is 9.67. The zero-order valence-electron chi connectivity index (χ0n) is 17.9. The fraction of sp³-hybridized carbons (Fsp3) is 0.280. The Kier molecular flexibility index (Phi) is 6.54. The SMILES string of the molecule is Cc1ccc(N=Nc2sc(/C(C#N)=C/c3ccc(N4CCCCC4)cc3)nc2C)cc1. The van der Waals surface area contributed by atoms with Crippen molar-refractivity contribution in [1.82, 2.24) is 4.98 Å². The molecule has 0 N–H and O–H groups in total. The van der Waals surface area contributed by atoms with Crippen LogP contribution in [0.5, 0.6) is 0 Å². The van der Waals surface area contributed by atoms with E-state index in [0.29, 0.717) is 10.6 Å². The van der Waals surface area contributed by atoms with E-state index in [1.807, 2.05) is 44.2 Å². The van der Waals surface area contributed by atoms with Crippen molar-refractivity contribution in [2.45, 2.75) is 33.1 Å². The average molecular weight is 428 g/mol. The molecule has 0 amide bonds. The van der Waals surface area contributed by atoms with Crippen LogP contribution in [0.25, 0.3) is 11.6 Å². The third-order valence-electron chi connectivity index (χ3n) is 5.34. The van der Waals surface area contributed by atoms with Crippen LogP contribution in [-0.4, -0.2) is 18.1 Å². The fourth-order valence-electron chi connectivity index (χ4n) is 3.55. The molecule has 1 aliphatic heterocycles. The van der Waals surface area contributed by atoms with E-state index in [1.165, 1.54) is 41.9 Å². The summed E-state index contributed by atoms with van der Waals surface area (Å²) in [6, 6.07) is 18.6. The monoisotopic (exact) mass is 427 g/mol. The Labute approximate surface area is 187 Å². The van der Waals surface area contributed by atoms with E-state index in [0.717, 1.165) is 35.0 Å². The molecular weight excluding hydrogens is 402 g/mol. The topological polar surface area (TPSA) is 64.6 Å². The highest BCUT2D eigenvalue weighted by molar-refractivity contribution is 7.16. The van der Waals surface area contributed by atoms with Gasteiger partial charge >= 0.3 is 0 Å². The van der Waals surface area contributed by atoms with Gasteiger partial charge in [0.05, 0.1) is 17.0 Å². The van der Waals surface area contributed by atoms with E-state index in [4.69, 9.17) is 0 Å². The summed E-state index contributed by atoms with van der Waals surface area (Å²) in [6.07, 6.45) is 5.72. The minimum Gasteiger partial charge on any atom is -0.372 e. The number of aromatic nitrogens is 1. The largest absolute Gasteiger partial charge is 0.372 e. The fourth-order valence-corrected chi connectivity index (χ4v) is 4.41. The van der Waals surface area contributed by atoms with E-state index < -0.39 is 0 Å². The van der Waals surface area contributed by atoms with Crippen LogP contribution in [0.15, 0.2) is 58.8 Å². The molecule has 0 atom stereocenters. The highest BCUT2D eigenvalue weighted by Gasteiger charge is 2.13. The van der Waals surface area contributed by atoms with Gasteiger partial charge in [-0.05, 0) is 69.0 Å². The first-order chi connectivity index (χ1) is 15.1. The van der Waals surface area contributed by atoms with E-state index >= 15 is 0 Å². The van der Waals surface area contributed by atoms with Gasteiger partial charge in [-0.3, -0.25) is 0 Å². The van der Waals surface area contributed by atoms with Gasteiger partial charge in [-0.1, -0.05) is 41.2 Å². The molecule has 31 heavy (non-hydrogen) atoms. The highest BCUT2D eigenvalue weighted by atomic mass is 32.1. The summed E-state index contributed by atoms with van der Waals surface area (Å²) in [7, 11) is 0. The average Bonchev–Trinajstić information content (AvgIpc) is 3.18. The summed E-state index contributed by atoms with van der Waals surface area (Å²) in [5, 5.41) is 19.8. The summed E-state index contributed by atoms with van der Waals surface area (Å²) >= 11 is 1.39. The van der Waals surface area contributed by atoms with Gasteiger partial charge in [-0.25, -0.2) is 4.98 Å². The minimum atomic E-state index is 0.538. The molecule has 1 aliphatic rings. The van der Waals surface area contributed by atoms with E-state index in [2.05, 4.69) is 50.4 Å².